The summed E-state index contributed by atoms with van der Waals surface area (Å²) in [6.07, 6.45) is 4.74. The van der Waals surface area contributed by atoms with Crippen molar-refractivity contribution in [3.05, 3.63) is 11.9 Å². The fourth-order valence-corrected chi connectivity index (χ4v) is 0.970. The van der Waals surface area contributed by atoms with Crippen LogP contribution in [-0.2, 0) is 0 Å². The van der Waals surface area contributed by atoms with Gasteiger partial charge in [-0.25, -0.2) is 0 Å². The van der Waals surface area contributed by atoms with E-state index in [0.717, 1.165) is 6.54 Å². The monoisotopic (exact) mass is 126 g/mol. The van der Waals surface area contributed by atoms with Crippen molar-refractivity contribution < 1.29 is 0 Å². The molecule has 1 heterocycles. The third kappa shape index (κ3) is 1.63. The molecule has 1 aliphatic rings. The maximum absolute atomic E-state index is 3.31. The van der Waals surface area contributed by atoms with Crippen LogP contribution in [0.1, 0.15) is 12.8 Å². The molecule has 0 bridgehead atoms. The van der Waals surface area contributed by atoms with Crippen molar-refractivity contribution in [2.75, 3.05) is 20.6 Å². The number of hydrogen-bond acceptors (Lipinski definition) is 2. The van der Waals surface area contributed by atoms with Gasteiger partial charge in [-0.2, -0.15) is 0 Å². The molecule has 0 aliphatic carbocycles. The van der Waals surface area contributed by atoms with Crippen molar-refractivity contribution in [1.82, 2.24) is 10.2 Å². The molecule has 0 unspecified atom stereocenters. The molecule has 0 atom stereocenters. The maximum Gasteiger partial charge on any atom is 0.0966 e. The molecule has 1 aliphatic heterocycles. The van der Waals surface area contributed by atoms with Crippen LogP contribution in [0, 0.1) is 0 Å². The molecule has 1 N–H and O–H groups in total. The van der Waals surface area contributed by atoms with E-state index in [9.17, 15) is 0 Å². The lowest BCUT2D eigenvalue weighted by Gasteiger charge is -2.22. The molecule has 2 nitrogen and oxygen atoms in total. The molecule has 0 saturated carbocycles. The fraction of sp³-hybridized carbons (Fsp3) is 0.714. The van der Waals surface area contributed by atoms with Crippen molar-refractivity contribution in [3.8, 4) is 0 Å². The van der Waals surface area contributed by atoms with E-state index >= 15 is 0 Å². The molecule has 0 aromatic carbocycles. The molecule has 1 rings (SSSR count). The SMILES string of the molecule is CN(C)C1=CCCCN1. The molecule has 0 saturated heterocycles. The molecular weight excluding hydrogens is 112 g/mol. The minimum Gasteiger partial charge on any atom is -0.372 e. The van der Waals surface area contributed by atoms with Gasteiger partial charge in [-0.1, -0.05) is 0 Å². The van der Waals surface area contributed by atoms with Gasteiger partial charge in [0.1, 0.15) is 0 Å². The lowest BCUT2D eigenvalue weighted by molar-refractivity contribution is 0.441. The van der Waals surface area contributed by atoms with Gasteiger partial charge in [0.15, 0.2) is 0 Å². The van der Waals surface area contributed by atoms with Crippen LogP contribution in [0.2, 0.25) is 0 Å². The summed E-state index contributed by atoms with van der Waals surface area (Å²) >= 11 is 0. The Hall–Kier alpha value is -0.660. The Labute approximate surface area is 56.5 Å². The predicted molar refractivity (Wildman–Crippen MR) is 39.0 cm³/mol. The average Bonchev–Trinajstić information content (AvgIpc) is 1.90. The highest BCUT2D eigenvalue weighted by Gasteiger charge is 2.01. The van der Waals surface area contributed by atoms with E-state index < -0.39 is 0 Å². The van der Waals surface area contributed by atoms with Crippen LogP contribution in [0.5, 0.6) is 0 Å². The van der Waals surface area contributed by atoms with Crippen LogP contribution < -0.4 is 5.32 Å². The first-order valence-corrected chi connectivity index (χ1v) is 3.42. The van der Waals surface area contributed by atoms with Crippen LogP contribution in [0.25, 0.3) is 0 Å². The van der Waals surface area contributed by atoms with Crippen LogP contribution >= 0.6 is 0 Å². The van der Waals surface area contributed by atoms with Crippen molar-refractivity contribution in [2.24, 2.45) is 0 Å². The van der Waals surface area contributed by atoms with Gasteiger partial charge >= 0.3 is 0 Å². The molecule has 0 aromatic rings. The Kier molecular flexibility index (Phi) is 1.98. The van der Waals surface area contributed by atoms with E-state index in [1.807, 2.05) is 0 Å². The first-order valence-electron chi connectivity index (χ1n) is 3.42. The number of hydrogen-bond donors (Lipinski definition) is 1. The Bertz CT molecular complexity index is 116. The smallest absolute Gasteiger partial charge is 0.0966 e. The lowest BCUT2D eigenvalue weighted by atomic mass is 10.2. The van der Waals surface area contributed by atoms with E-state index in [4.69, 9.17) is 0 Å². The van der Waals surface area contributed by atoms with Crippen LogP contribution in [0.4, 0.5) is 0 Å². The summed E-state index contributed by atoms with van der Waals surface area (Å²) in [4.78, 5) is 2.11. The third-order valence-corrected chi connectivity index (χ3v) is 1.51. The van der Waals surface area contributed by atoms with E-state index in [1.54, 1.807) is 0 Å². The minimum atomic E-state index is 1.13. The quantitative estimate of drug-likeness (QED) is 0.558. The number of nitrogens with zero attached hydrogens (tertiary/aromatic N) is 1. The fourth-order valence-electron chi connectivity index (χ4n) is 0.970. The molecule has 52 valence electrons. The van der Waals surface area contributed by atoms with Crippen molar-refractivity contribution in [2.45, 2.75) is 12.8 Å². The number of rotatable bonds is 1. The molecule has 2 heteroatoms. The number of nitrogens with one attached hydrogen (secondary N) is 1. The van der Waals surface area contributed by atoms with Crippen molar-refractivity contribution in [3.63, 3.8) is 0 Å². The second-order valence-electron chi connectivity index (χ2n) is 2.55. The van der Waals surface area contributed by atoms with Gasteiger partial charge < -0.3 is 10.2 Å². The summed E-state index contributed by atoms with van der Waals surface area (Å²) in [7, 11) is 4.12. The molecule has 0 spiro atoms. The Morgan fingerprint density at radius 2 is 2.33 bits per heavy atom. The largest absolute Gasteiger partial charge is 0.372 e. The molecule has 0 fully saturated rings. The zero-order valence-corrected chi connectivity index (χ0v) is 6.15. The summed E-state index contributed by atoms with van der Waals surface area (Å²) < 4.78 is 0. The molecule has 9 heavy (non-hydrogen) atoms. The zero-order chi connectivity index (χ0) is 6.69. The first-order chi connectivity index (χ1) is 4.30. The standard InChI is InChI=1S/C7H14N2/c1-9(2)7-5-3-4-6-8-7/h5,8H,3-4,6H2,1-2H3. The first kappa shape index (κ1) is 6.46. The average molecular weight is 126 g/mol. The highest BCUT2D eigenvalue weighted by molar-refractivity contribution is 4.99. The van der Waals surface area contributed by atoms with E-state index in [2.05, 4.69) is 30.4 Å². The highest BCUT2D eigenvalue weighted by atomic mass is 15.2. The lowest BCUT2D eigenvalue weighted by Crippen LogP contribution is -2.28. The number of allylic oxidation sites excluding steroid dienone is 1. The van der Waals surface area contributed by atoms with E-state index in [0.29, 0.717) is 0 Å². The van der Waals surface area contributed by atoms with E-state index in [-0.39, 0.29) is 0 Å². The van der Waals surface area contributed by atoms with Crippen LogP contribution in [-0.4, -0.2) is 25.5 Å². The summed E-state index contributed by atoms with van der Waals surface area (Å²) in [5, 5.41) is 3.31. The maximum atomic E-state index is 3.31. The van der Waals surface area contributed by atoms with Gasteiger partial charge in [-0.05, 0) is 18.9 Å². The minimum absolute atomic E-state index is 1.13. The molecular formula is C7H14N2. The summed E-state index contributed by atoms with van der Waals surface area (Å²) in [6, 6.07) is 0. The van der Waals surface area contributed by atoms with Crippen molar-refractivity contribution in [1.29, 1.82) is 0 Å². The molecule has 0 aromatic heterocycles. The van der Waals surface area contributed by atoms with E-state index in [1.165, 1.54) is 18.7 Å². The van der Waals surface area contributed by atoms with Gasteiger partial charge in [-0.3, -0.25) is 0 Å². The van der Waals surface area contributed by atoms with Gasteiger partial charge in [-0.15, -0.1) is 0 Å². The Balaban J connectivity index is 2.46. The second-order valence-corrected chi connectivity index (χ2v) is 2.55. The Morgan fingerprint density at radius 3 is 2.67 bits per heavy atom. The topological polar surface area (TPSA) is 15.3 Å². The normalized spacial score (nSPS) is 18.2. The van der Waals surface area contributed by atoms with Crippen LogP contribution in [0.3, 0.4) is 0 Å². The van der Waals surface area contributed by atoms with Gasteiger partial charge in [0.25, 0.3) is 0 Å². The van der Waals surface area contributed by atoms with Gasteiger partial charge in [0, 0.05) is 20.6 Å². The van der Waals surface area contributed by atoms with Gasteiger partial charge in [0.2, 0.25) is 0 Å². The highest BCUT2D eigenvalue weighted by Crippen LogP contribution is 2.03. The third-order valence-electron chi connectivity index (χ3n) is 1.51. The zero-order valence-electron chi connectivity index (χ0n) is 6.15. The van der Waals surface area contributed by atoms with Crippen LogP contribution in [0.15, 0.2) is 11.9 Å². The van der Waals surface area contributed by atoms with Gasteiger partial charge in [0.05, 0.1) is 5.82 Å². The molecule has 0 radical (unpaired) electrons. The predicted octanol–water partition coefficient (Wildman–Crippen LogP) is 0.773. The summed E-state index contributed by atoms with van der Waals surface area (Å²) in [6.45, 7) is 1.13. The Morgan fingerprint density at radius 1 is 1.56 bits per heavy atom. The van der Waals surface area contributed by atoms with Crippen molar-refractivity contribution >= 4 is 0 Å². The summed E-state index contributed by atoms with van der Waals surface area (Å²) in [5.41, 5.74) is 0. The molecule has 0 amide bonds. The second kappa shape index (κ2) is 2.76. The summed E-state index contributed by atoms with van der Waals surface area (Å²) in [5.74, 6) is 1.27.